The van der Waals surface area contributed by atoms with Crippen molar-refractivity contribution in [3.8, 4) is 5.75 Å². The monoisotopic (exact) mass is 432 g/mol. The van der Waals surface area contributed by atoms with Crippen molar-refractivity contribution < 1.29 is 14.6 Å². The lowest BCUT2D eigenvalue weighted by molar-refractivity contribution is 0.0696. The molecule has 0 fully saturated rings. The normalized spacial score (nSPS) is 10.2. The largest absolute Gasteiger partial charge is 0.489 e. The molecule has 0 aliphatic heterocycles. The van der Waals surface area contributed by atoms with Gasteiger partial charge in [0.1, 0.15) is 12.4 Å². The number of halogens is 2. The molecule has 0 aliphatic rings. The summed E-state index contributed by atoms with van der Waals surface area (Å²) in [5.41, 5.74) is 1.16. The van der Waals surface area contributed by atoms with Crippen molar-refractivity contribution in [2.24, 2.45) is 0 Å². The molecule has 2 aromatic rings. The van der Waals surface area contributed by atoms with Gasteiger partial charge in [-0.3, -0.25) is 0 Å². The van der Waals surface area contributed by atoms with Crippen LogP contribution < -0.4 is 4.74 Å². The van der Waals surface area contributed by atoms with E-state index in [9.17, 15) is 4.79 Å². The number of aromatic carboxylic acids is 1. The van der Waals surface area contributed by atoms with Gasteiger partial charge in [0.15, 0.2) is 0 Å². The molecule has 0 amide bonds. The minimum Gasteiger partial charge on any atom is -0.489 e. The van der Waals surface area contributed by atoms with E-state index in [2.05, 4.69) is 38.5 Å². The highest BCUT2D eigenvalue weighted by Crippen LogP contribution is 2.22. The van der Waals surface area contributed by atoms with Crippen molar-refractivity contribution in [1.82, 2.24) is 0 Å². The summed E-state index contributed by atoms with van der Waals surface area (Å²) in [6, 6.07) is 12.7. The van der Waals surface area contributed by atoms with E-state index in [0.717, 1.165) is 19.4 Å². The molecule has 0 saturated carbocycles. The topological polar surface area (TPSA) is 46.5 Å². The van der Waals surface area contributed by atoms with Gasteiger partial charge >= 0.3 is 5.97 Å². The van der Waals surface area contributed by atoms with Gasteiger partial charge < -0.3 is 9.84 Å². The van der Waals surface area contributed by atoms with Gasteiger partial charge in [-0.1, -0.05) is 28.1 Å². The van der Waals surface area contributed by atoms with Crippen LogP contribution >= 0.6 is 38.5 Å². The standard InChI is InChI=1S/C14H10BrIO3/c15-13-6-9(14(17)18)4-5-10(13)8-19-12-3-1-2-11(16)7-12/h1-7H,8H2,(H,17,18). The first-order chi connectivity index (χ1) is 9.06. The van der Waals surface area contributed by atoms with Crippen LogP contribution in [0.5, 0.6) is 5.75 Å². The summed E-state index contributed by atoms with van der Waals surface area (Å²) < 4.78 is 7.51. The number of hydrogen-bond acceptors (Lipinski definition) is 2. The Labute approximate surface area is 132 Å². The highest BCUT2D eigenvalue weighted by atomic mass is 127. The fourth-order valence-corrected chi connectivity index (χ4v) is 2.52. The van der Waals surface area contributed by atoms with E-state index in [1.165, 1.54) is 0 Å². The van der Waals surface area contributed by atoms with Crippen LogP contribution in [0.3, 0.4) is 0 Å². The van der Waals surface area contributed by atoms with Gasteiger partial charge in [0.25, 0.3) is 0 Å². The third kappa shape index (κ3) is 3.94. The average Bonchev–Trinajstić information content (AvgIpc) is 2.37. The first-order valence-corrected chi connectivity index (χ1v) is 7.33. The number of carboxylic acid groups (broad SMARTS) is 1. The summed E-state index contributed by atoms with van der Waals surface area (Å²) in [5.74, 6) is -0.146. The van der Waals surface area contributed by atoms with E-state index in [1.54, 1.807) is 18.2 Å². The highest BCUT2D eigenvalue weighted by Gasteiger charge is 2.07. The van der Waals surface area contributed by atoms with Crippen LogP contribution in [-0.2, 0) is 6.61 Å². The smallest absolute Gasteiger partial charge is 0.335 e. The zero-order chi connectivity index (χ0) is 13.8. The SMILES string of the molecule is O=C(O)c1ccc(COc2cccc(I)c2)c(Br)c1. The Bertz CT molecular complexity index is 613. The van der Waals surface area contributed by atoms with Crippen LogP contribution in [0.2, 0.25) is 0 Å². The lowest BCUT2D eigenvalue weighted by atomic mass is 10.1. The second-order valence-electron chi connectivity index (χ2n) is 3.86. The van der Waals surface area contributed by atoms with Crippen LogP contribution in [0.1, 0.15) is 15.9 Å². The Kier molecular flexibility index (Phi) is 4.81. The zero-order valence-corrected chi connectivity index (χ0v) is 13.5. The van der Waals surface area contributed by atoms with Gasteiger partial charge in [-0.05, 0) is 52.9 Å². The average molecular weight is 433 g/mol. The quantitative estimate of drug-likeness (QED) is 0.731. The fraction of sp³-hybridized carbons (Fsp3) is 0.0714. The van der Waals surface area contributed by atoms with Crippen molar-refractivity contribution in [2.75, 3.05) is 0 Å². The van der Waals surface area contributed by atoms with Crippen LogP contribution in [-0.4, -0.2) is 11.1 Å². The molecule has 2 aromatic carbocycles. The molecule has 0 bridgehead atoms. The zero-order valence-electron chi connectivity index (χ0n) is 9.77. The van der Waals surface area contributed by atoms with Crippen LogP contribution in [0.25, 0.3) is 0 Å². The minimum absolute atomic E-state index is 0.255. The molecule has 98 valence electrons. The van der Waals surface area contributed by atoms with Crippen molar-refractivity contribution in [3.63, 3.8) is 0 Å². The van der Waals surface area contributed by atoms with Gasteiger partial charge in [-0.2, -0.15) is 0 Å². The molecule has 19 heavy (non-hydrogen) atoms. The van der Waals surface area contributed by atoms with Gasteiger partial charge in [0, 0.05) is 13.6 Å². The second-order valence-corrected chi connectivity index (χ2v) is 5.96. The maximum Gasteiger partial charge on any atom is 0.335 e. The van der Waals surface area contributed by atoms with E-state index in [0.29, 0.717) is 6.61 Å². The van der Waals surface area contributed by atoms with Crippen LogP contribution in [0.15, 0.2) is 46.9 Å². The summed E-state index contributed by atoms with van der Waals surface area (Å²) in [6.07, 6.45) is 0. The van der Waals surface area contributed by atoms with Gasteiger partial charge in [0.05, 0.1) is 5.56 Å². The number of benzene rings is 2. The predicted octanol–water partition coefficient (Wildman–Crippen LogP) is 4.33. The lowest BCUT2D eigenvalue weighted by Crippen LogP contribution is -2.00. The maximum atomic E-state index is 10.8. The predicted molar refractivity (Wildman–Crippen MR) is 84.6 cm³/mol. The Morgan fingerprint density at radius 1 is 1.26 bits per heavy atom. The Morgan fingerprint density at radius 3 is 2.68 bits per heavy atom. The van der Waals surface area contributed by atoms with E-state index in [-0.39, 0.29) is 5.56 Å². The van der Waals surface area contributed by atoms with Crippen molar-refractivity contribution in [2.45, 2.75) is 6.61 Å². The van der Waals surface area contributed by atoms with Gasteiger partial charge in [-0.25, -0.2) is 4.79 Å². The molecule has 0 atom stereocenters. The number of ether oxygens (including phenoxy) is 1. The number of rotatable bonds is 4. The lowest BCUT2D eigenvalue weighted by Gasteiger charge is -2.09. The first kappa shape index (κ1) is 14.3. The first-order valence-electron chi connectivity index (χ1n) is 5.46. The molecule has 1 N–H and O–H groups in total. The van der Waals surface area contributed by atoms with E-state index in [1.807, 2.05) is 24.3 Å². The van der Waals surface area contributed by atoms with Crippen LogP contribution in [0.4, 0.5) is 0 Å². The second kappa shape index (κ2) is 6.38. The molecule has 5 heteroatoms. The Morgan fingerprint density at radius 2 is 2.05 bits per heavy atom. The summed E-state index contributed by atoms with van der Waals surface area (Å²) in [7, 11) is 0. The van der Waals surface area contributed by atoms with E-state index >= 15 is 0 Å². The molecule has 3 nitrogen and oxygen atoms in total. The van der Waals surface area contributed by atoms with Crippen molar-refractivity contribution in [1.29, 1.82) is 0 Å². The number of carboxylic acids is 1. The molecular formula is C14H10BrIO3. The van der Waals surface area contributed by atoms with Gasteiger partial charge in [0.2, 0.25) is 0 Å². The molecule has 2 rings (SSSR count). The third-order valence-electron chi connectivity index (χ3n) is 2.49. The summed E-state index contributed by atoms with van der Waals surface area (Å²) in [4.78, 5) is 10.8. The van der Waals surface area contributed by atoms with E-state index in [4.69, 9.17) is 9.84 Å². The molecule has 0 unspecified atom stereocenters. The molecule has 0 aromatic heterocycles. The Balaban J connectivity index is 2.10. The van der Waals surface area contributed by atoms with Crippen LogP contribution in [0, 0.1) is 3.57 Å². The molecule has 0 heterocycles. The molecular weight excluding hydrogens is 423 g/mol. The van der Waals surface area contributed by atoms with Gasteiger partial charge in [-0.15, -0.1) is 0 Å². The minimum atomic E-state index is -0.939. The molecule has 0 spiro atoms. The maximum absolute atomic E-state index is 10.8. The third-order valence-corrected chi connectivity index (χ3v) is 3.90. The number of carbonyl (C=O) groups is 1. The molecule has 0 aliphatic carbocycles. The Hall–Kier alpha value is -1.08. The highest BCUT2D eigenvalue weighted by molar-refractivity contribution is 14.1. The molecule has 0 saturated heterocycles. The van der Waals surface area contributed by atoms with Crippen molar-refractivity contribution >= 4 is 44.5 Å². The molecule has 0 radical (unpaired) electrons. The summed E-state index contributed by atoms with van der Waals surface area (Å²) >= 11 is 5.58. The van der Waals surface area contributed by atoms with E-state index < -0.39 is 5.97 Å². The van der Waals surface area contributed by atoms with Crippen molar-refractivity contribution in [3.05, 3.63) is 61.6 Å². The number of hydrogen-bond donors (Lipinski definition) is 1. The summed E-state index contributed by atoms with van der Waals surface area (Å²) in [5, 5.41) is 8.89. The summed E-state index contributed by atoms with van der Waals surface area (Å²) in [6.45, 7) is 0.389. The fourth-order valence-electron chi connectivity index (χ4n) is 1.52.